The van der Waals surface area contributed by atoms with Crippen LogP contribution in [0.25, 0.3) is 0 Å². The highest BCUT2D eigenvalue weighted by Crippen LogP contribution is 2.38. The van der Waals surface area contributed by atoms with Crippen LogP contribution in [0.3, 0.4) is 0 Å². The standard InChI is InChI=1S/C36H44N6O4/c1-45-33-23-30-32(39-26-28-9-8-17-42(28)36(30)44)24-34(33)46-22-7-3-2-6-16-40-18-20-41(21-19-40)35(43)29-10-4-5-11-31(29)38-25-27-12-14-37-15-13-27/h4-5,10-15,23-24,26,28,38H,2-3,6-9,16-22,25H2,1H3/t28-/m0/s1. The first-order chi connectivity index (χ1) is 22.6. The van der Waals surface area contributed by atoms with Crippen molar-refractivity contribution in [2.24, 2.45) is 4.99 Å². The van der Waals surface area contributed by atoms with Crippen LogP contribution in [0.2, 0.25) is 0 Å². The van der Waals surface area contributed by atoms with Gasteiger partial charge in [0.15, 0.2) is 11.5 Å². The molecule has 46 heavy (non-hydrogen) atoms. The zero-order valence-electron chi connectivity index (χ0n) is 26.7. The maximum Gasteiger partial charge on any atom is 0.256 e. The number of amides is 2. The quantitative estimate of drug-likeness (QED) is 0.254. The molecule has 0 spiro atoms. The lowest BCUT2D eigenvalue weighted by molar-refractivity contribution is 0.0635. The topological polar surface area (TPSA) is 99.6 Å². The van der Waals surface area contributed by atoms with E-state index in [2.05, 4.69) is 20.2 Å². The normalized spacial score (nSPS) is 17.8. The zero-order chi connectivity index (χ0) is 31.7. The third kappa shape index (κ3) is 7.50. The summed E-state index contributed by atoms with van der Waals surface area (Å²) in [5, 5.41) is 3.42. The van der Waals surface area contributed by atoms with E-state index in [1.807, 2.05) is 58.5 Å². The molecule has 3 aliphatic rings. The van der Waals surface area contributed by atoms with Crippen LogP contribution in [0, 0.1) is 0 Å². The van der Waals surface area contributed by atoms with E-state index < -0.39 is 0 Å². The summed E-state index contributed by atoms with van der Waals surface area (Å²) in [5.41, 5.74) is 3.93. The van der Waals surface area contributed by atoms with Crippen molar-refractivity contribution in [1.82, 2.24) is 19.7 Å². The predicted octanol–water partition coefficient (Wildman–Crippen LogP) is 5.42. The number of nitrogens with one attached hydrogen (secondary N) is 1. The number of methoxy groups -OCH3 is 1. The average Bonchev–Trinajstić information content (AvgIpc) is 3.54. The van der Waals surface area contributed by atoms with Gasteiger partial charge in [0, 0.05) is 69.6 Å². The monoisotopic (exact) mass is 624 g/mol. The third-order valence-corrected chi connectivity index (χ3v) is 9.13. The van der Waals surface area contributed by atoms with Crippen LogP contribution in [-0.4, -0.2) is 96.7 Å². The van der Waals surface area contributed by atoms with Crippen molar-refractivity contribution in [2.45, 2.75) is 51.1 Å². The van der Waals surface area contributed by atoms with E-state index in [0.29, 0.717) is 35.9 Å². The maximum absolute atomic E-state index is 13.4. The molecule has 2 saturated heterocycles. The second-order valence-electron chi connectivity index (χ2n) is 12.2. The first-order valence-corrected chi connectivity index (χ1v) is 16.5. The summed E-state index contributed by atoms with van der Waals surface area (Å²) < 4.78 is 11.7. The number of para-hydroxylation sites is 1. The molecule has 2 fully saturated rings. The van der Waals surface area contributed by atoms with Crippen LogP contribution in [0.4, 0.5) is 11.4 Å². The fourth-order valence-corrected chi connectivity index (χ4v) is 6.46. The van der Waals surface area contributed by atoms with Crippen LogP contribution in [0.1, 0.15) is 64.8 Å². The highest BCUT2D eigenvalue weighted by atomic mass is 16.5. The molecular formula is C36H44N6O4. The molecule has 2 aromatic carbocycles. The van der Waals surface area contributed by atoms with Gasteiger partial charge in [-0.05, 0) is 68.1 Å². The number of aromatic nitrogens is 1. The number of hydrogen-bond acceptors (Lipinski definition) is 8. The van der Waals surface area contributed by atoms with Gasteiger partial charge < -0.3 is 24.6 Å². The van der Waals surface area contributed by atoms with Gasteiger partial charge in [0.25, 0.3) is 11.8 Å². The highest BCUT2D eigenvalue weighted by molar-refractivity contribution is 6.03. The molecular weight excluding hydrogens is 580 g/mol. The minimum absolute atomic E-state index is 0.0169. The summed E-state index contributed by atoms with van der Waals surface area (Å²) in [5.74, 6) is 1.31. The summed E-state index contributed by atoms with van der Waals surface area (Å²) in [6.07, 6.45) is 11.7. The number of anilines is 1. The molecule has 1 aromatic heterocycles. The Kier molecular flexibility index (Phi) is 10.4. The average molecular weight is 625 g/mol. The maximum atomic E-state index is 13.4. The summed E-state index contributed by atoms with van der Waals surface area (Å²) >= 11 is 0. The lowest BCUT2D eigenvalue weighted by atomic mass is 10.1. The Morgan fingerprint density at radius 3 is 2.59 bits per heavy atom. The van der Waals surface area contributed by atoms with E-state index in [0.717, 1.165) is 94.6 Å². The molecule has 4 heterocycles. The molecule has 3 aliphatic heterocycles. The van der Waals surface area contributed by atoms with Crippen LogP contribution < -0.4 is 14.8 Å². The van der Waals surface area contributed by atoms with Gasteiger partial charge in [-0.2, -0.15) is 0 Å². The SMILES string of the molecule is COc1cc2c(cc1OCCCCCCN1CCN(C(=O)c3ccccc3NCc3ccncc3)CC1)N=C[C@@H]1CCCN1C2=O. The van der Waals surface area contributed by atoms with Crippen molar-refractivity contribution in [3.05, 3.63) is 77.6 Å². The van der Waals surface area contributed by atoms with Crippen molar-refractivity contribution in [1.29, 1.82) is 0 Å². The van der Waals surface area contributed by atoms with Crippen molar-refractivity contribution in [3.63, 3.8) is 0 Å². The summed E-state index contributed by atoms with van der Waals surface area (Å²) in [7, 11) is 1.61. The number of rotatable bonds is 13. The molecule has 3 aromatic rings. The summed E-state index contributed by atoms with van der Waals surface area (Å²) in [6, 6.07) is 15.4. The fraction of sp³-hybridized carbons (Fsp3) is 0.444. The van der Waals surface area contributed by atoms with E-state index in [9.17, 15) is 9.59 Å². The van der Waals surface area contributed by atoms with Crippen molar-refractivity contribution >= 4 is 29.4 Å². The zero-order valence-corrected chi connectivity index (χ0v) is 26.7. The lowest BCUT2D eigenvalue weighted by Crippen LogP contribution is -2.48. The third-order valence-electron chi connectivity index (χ3n) is 9.13. The minimum Gasteiger partial charge on any atom is -0.493 e. The number of pyridine rings is 1. The summed E-state index contributed by atoms with van der Waals surface area (Å²) in [6.45, 7) is 6.30. The number of carbonyl (C=O) groups is 2. The molecule has 10 heteroatoms. The van der Waals surface area contributed by atoms with Gasteiger partial charge in [0.05, 0.1) is 36.6 Å². The number of piperazine rings is 1. The Hall–Kier alpha value is -4.44. The van der Waals surface area contributed by atoms with Gasteiger partial charge in [-0.3, -0.25) is 24.5 Å². The second-order valence-corrected chi connectivity index (χ2v) is 12.2. The van der Waals surface area contributed by atoms with E-state index >= 15 is 0 Å². The Bertz CT molecular complexity index is 1520. The summed E-state index contributed by atoms with van der Waals surface area (Å²) in [4.78, 5) is 41.5. The number of aliphatic imine (C=N–C) groups is 1. The van der Waals surface area contributed by atoms with E-state index in [-0.39, 0.29) is 17.9 Å². The number of carbonyl (C=O) groups excluding carboxylic acids is 2. The molecule has 1 atom stereocenters. The van der Waals surface area contributed by atoms with Gasteiger partial charge >= 0.3 is 0 Å². The molecule has 0 unspecified atom stereocenters. The Balaban J connectivity index is 0.896. The van der Waals surface area contributed by atoms with Gasteiger partial charge in [0.2, 0.25) is 0 Å². The highest BCUT2D eigenvalue weighted by Gasteiger charge is 2.32. The minimum atomic E-state index is 0.0169. The number of unbranched alkanes of at least 4 members (excludes halogenated alkanes) is 3. The van der Waals surface area contributed by atoms with Crippen molar-refractivity contribution in [2.75, 3.05) is 58.3 Å². The number of benzene rings is 2. The number of fused-ring (bicyclic) bond motifs is 2. The van der Waals surface area contributed by atoms with Crippen LogP contribution in [0.15, 0.2) is 65.9 Å². The van der Waals surface area contributed by atoms with E-state index in [1.54, 1.807) is 25.6 Å². The molecule has 2 amide bonds. The fourth-order valence-electron chi connectivity index (χ4n) is 6.46. The first-order valence-electron chi connectivity index (χ1n) is 16.5. The van der Waals surface area contributed by atoms with Crippen LogP contribution in [0.5, 0.6) is 11.5 Å². The lowest BCUT2D eigenvalue weighted by Gasteiger charge is -2.35. The van der Waals surface area contributed by atoms with Gasteiger partial charge in [0.1, 0.15) is 0 Å². The predicted molar refractivity (Wildman–Crippen MR) is 180 cm³/mol. The smallest absolute Gasteiger partial charge is 0.256 e. The van der Waals surface area contributed by atoms with Gasteiger partial charge in [-0.15, -0.1) is 0 Å². The molecule has 242 valence electrons. The molecule has 10 nitrogen and oxygen atoms in total. The molecule has 0 saturated carbocycles. The Morgan fingerprint density at radius 1 is 0.957 bits per heavy atom. The molecule has 0 bridgehead atoms. The number of hydrogen-bond donors (Lipinski definition) is 1. The Labute approximate surface area is 271 Å². The van der Waals surface area contributed by atoms with Crippen molar-refractivity contribution < 1.29 is 19.1 Å². The van der Waals surface area contributed by atoms with Gasteiger partial charge in [-0.1, -0.05) is 25.0 Å². The van der Waals surface area contributed by atoms with Crippen LogP contribution >= 0.6 is 0 Å². The number of nitrogens with zero attached hydrogens (tertiary/aromatic N) is 5. The van der Waals surface area contributed by atoms with Crippen LogP contribution in [-0.2, 0) is 6.54 Å². The van der Waals surface area contributed by atoms with Gasteiger partial charge in [-0.25, -0.2) is 0 Å². The van der Waals surface area contributed by atoms with E-state index in [4.69, 9.17) is 9.47 Å². The number of ether oxygens (including phenoxy) is 2. The second kappa shape index (κ2) is 15.2. The largest absolute Gasteiger partial charge is 0.493 e. The first kappa shape index (κ1) is 31.5. The molecule has 0 aliphatic carbocycles. The molecule has 6 rings (SSSR count). The Morgan fingerprint density at radius 2 is 1.76 bits per heavy atom. The molecule has 1 N–H and O–H groups in total. The molecule has 0 radical (unpaired) electrons. The van der Waals surface area contributed by atoms with Crippen molar-refractivity contribution in [3.8, 4) is 11.5 Å². The van der Waals surface area contributed by atoms with E-state index in [1.165, 1.54) is 0 Å².